The average molecular weight is 226 g/mol. The Morgan fingerprint density at radius 1 is 1.56 bits per heavy atom. The number of hydrogen-bond acceptors (Lipinski definition) is 5. The number of rotatable bonds is 5. The van der Waals surface area contributed by atoms with E-state index in [-0.39, 0.29) is 6.42 Å². The molecule has 1 rings (SSSR count). The molecule has 1 aromatic rings. The van der Waals surface area contributed by atoms with Crippen LogP contribution in [0.25, 0.3) is 0 Å². The van der Waals surface area contributed by atoms with Crippen molar-refractivity contribution < 1.29 is 23.8 Å². The number of methoxy groups -OCH3 is 2. The summed E-state index contributed by atoms with van der Waals surface area (Å²) in [5.74, 6) is 0.229. The highest BCUT2D eigenvalue weighted by Crippen LogP contribution is 2.21. The van der Waals surface area contributed by atoms with E-state index in [0.717, 1.165) is 0 Å². The summed E-state index contributed by atoms with van der Waals surface area (Å²) in [4.78, 5) is 11.0. The standard InChI is InChI=1S/C11H14O5/c1-14-8(7-11(13)15-2)6-9(12)10-4-3-5-16-10/h3-5,7,9,12H,6H2,1-2H3/b8-7+. The fourth-order valence-corrected chi connectivity index (χ4v) is 1.16. The van der Waals surface area contributed by atoms with Crippen LogP contribution in [-0.2, 0) is 14.3 Å². The largest absolute Gasteiger partial charge is 0.501 e. The highest BCUT2D eigenvalue weighted by molar-refractivity contribution is 5.82. The second-order valence-corrected chi connectivity index (χ2v) is 3.07. The summed E-state index contributed by atoms with van der Waals surface area (Å²) in [7, 11) is 2.69. The first kappa shape index (κ1) is 12.3. The number of aliphatic hydroxyl groups is 1. The third-order valence-corrected chi connectivity index (χ3v) is 2.01. The minimum atomic E-state index is -0.842. The molecule has 1 aromatic heterocycles. The molecular weight excluding hydrogens is 212 g/mol. The average Bonchev–Trinajstić information content (AvgIpc) is 2.81. The number of esters is 1. The maximum absolute atomic E-state index is 11.0. The summed E-state index contributed by atoms with van der Waals surface area (Å²) < 4.78 is 14.4. The van der Waals surface area contributed by atoms with Gasteiger partial charge in [0.1, 0.15) is 17.6 Å². The zero-order valence-corrected chi connectivity index (χ0v) is 9.17. The maximum Gasteiger partial charge on any atom is 0.333 e. The van der Waals surface area contributed by atoms with Crippen molar-refractivity contribution >= 4 is 5.97 Å². The van der Waals surface area contributed by atoms with Crippen molar-refractivity contribution in [3.05, 3.63) is 36.0 Å². The lowest BCUT2D eigenvalue weighted by Crippen LogP contribution is -2.03. The zero-order valence-electron chi connectivity index (χ0n) is 9.17. The van der Waals surface area contributed by atoms with Gasteiger partial charge in [0.05, 0.1) is 26.6 Å². The van der Waals surface area contributed by atoms with Gasteiger partial charge in [-0.3, -0.25) is 0 Å². The Labute approximate surface area is 93.3 Å². The third-order valence-electron chi connectivity index (χ3n) is 2.01. The van der Waals surface area contributed by atoms with E-state index >= 15 is 0 Å². The normalized spacial score (nSPS) is 13.3. The van der Waals surface area contributed by atoms with Crippen molar-refractivity contribution in [1.29, 1.82) is 0 Å². The molecule has 5 nitrogen and oxygen atoms in total. The van der Waals surface area contributed by atoms with Crippen LogP contribution in [-0.4, -0.2) is 25.3 Å². The summed E-state index contributed by atoms with van der Waals surface area (Å²) in [5, 5.41) is 9.73. The minimum absolute atomic E-state index is 0.152. The van der Waals surface area contributed by atoms with Gasteiger partial charge in [0.25, 0.3) is 0 Å². The van der Waals surface area contributed by atoms with E-state index < -0.39 is 12.1 Å². The molecule has 88 valence electrons. The maximum atomic E-state index is 11.0. The Hall–Kier alpha value is -1.75. The van der Waals surface area contributed by atoms with Crippen LogP contribution in [0.15, 0.2) is 34.6 Å². The van der Waals surface area contributed by atoms with Gasteiger partial charge < -0.3 is 19.0 Å². The van der Waals surface area contributed by atoms with Gasteiger partial charge in [0.2, 0.25) is 0 Å². The number of hydrogen-bond donors (Lipinski definition) is 1. The lowest BCUT2D eigenvalue weighted by atomic mass is 10.1. The first-order chi connectivity index (χ1) is 7.67. The minimum Gasteiger partial charge on any atom is -0.501 e. The van der Waals surface area contributed by atoms with Crippen LogP contribution < -0.4 is 0 Å². The number of ether oxygens (including phenoxy) is 2. The smallest absolute Gasteiger partial charge is 0.333 e. The highest BCUT2D eigenvalue weighted by Gasteiger charge is 2.14. The van der Waals surface area contributed by atoms with Crippen molar-refractivity contribution in [3.63, 3.8) is 0 Å². The molecule has 0 fully saturated rings. The number of carbonyl (C=O) groups excluding carboxylic acids is 1. The molecule has 1 unspecified atom stereocenters. The fourth-order valence-electron chi connectivity index (χ4n) is 1.16. The molecular formula is C11H14O5. The summed E-state index contributed by atoms with van der Waals surface area (Å²) in [6.45, 7) is 0. The molecule has 0 amide bonds. The molecule has 0 bridgehead atoms. The quantitative estimate of drug-likeness (QED) is 0.467. The Morgan fingerprint density at radius 3 is 2.81 bits per heavy atom. The topological polar surface area (TPSA) is 68.9 Å². The van der Waals surface area contributed by atoms with Gasteiger partial charge in [0.15, 0.2) is 0 Å². The lowest BCUT2D eigenvalue weighted by molar-refractivity contribution is -0.135. The van der Waals surface area contributed by atoms with Crippen molar-refractivity contribution in [2.45, 2.75) is 12.5 Å². The molecule has 0 saturated heterocycles. The summed E-state index contributed by atoms with van der Waals surface area (Å²) in [5.41, 5.74) is 0. The van der Waals surface area contributed by atoms with E-state index in [9.17, 15) is 9.90 Å². The SMILES string of the molecule is COC(=O)/C=C(\CC(O)c1ccco1)OC. The Morgan fingerprint density at radius 2 is 2.31 bits per heavy atom. The molecule has 0 saturated carbocycles. The molecule has 0 aliphatic heterocycles. The predicted molar refractivity (Wildman–Crippen MR) is 55.4 cm³/mol. The van der Waals surface area contributed by atoms with Gasteiger partial charge in [-0.05, 0) is 12.1 Å². The summed E-state index contributed by atoms with van der Waals surface area (Å²) in [6, 6.07) is 3.32. The van der Waals surface area contributed by atoms with Gasteiger partial charge in [-0.15, -0.1) is 0 Å². The predicted octanol–water partition coefficient (Wildman–Crippen LogP) is 1.41. The van der Waals surface area contributed by atoms with Gasteiger partial charge in [0, 0.05) is 6.42 Å². The van der Waals surface area contributed by atoms with Crippen LogP contribution >= 0.6 is 0 Å². The zero-order chi connectivity index (χ0) is 12.0. The van der Waals surface area contributed by atoms with E-state index in [0.29, 0.717) is 11.5 Å². The van der Waals surface area contributed by atoms with E-state index in [1.54, 1.807) is 12.1 Å². The van der Waals surface area contributed by atoms with E-state index in [1.807, 2.05) is 0 Å². The molecule has 1 N–H and O–H groups in total. The molecule has 0 aliphatic rings. The molecule has 0 aliphatic carbocycles. The fraction of sp³-hybridized carbons (Fsp3) is 0.364. The first-order valence-corrected chi connectivity index (χ1v) is 4.71. The van der Waals surface area contributed by atoms with Crippen molar-refractivity contribution in [2.24, 2.45) is 0 Å². The summed E-state index contributed by atoms with van der Waals surface area (Å²) >= 11 is 0. The number of carbonyl (C=O) groups is 1. The lowest BCUT2D eigenvalue weighted by Gasteiger charge is -2.10. The van der Waals surface area contributed by atoms with Crippen LogP contribution in [0.4, 0.5) is 0 Å². The Kier molecular flexibility index (Phi) is 4.60. The molecule has 1 atom stereocenters. The monoisotopic (exact) mass is 226 g/mol. The highest BCUT2D eigenvalue weighted by atomic mass is 16.5. The second-order valence-electron chi connectivity index (χ2n) is 3.07. The van der Waals surface area contributed by atoms with Gasteiger partial charge in [-0.25, -0.2) is 4.79 Å². The van der Waals surface area contributed by atoms with E-state index in [2.05, 4.69) is 4.74 Å². The third kappa shape index (κ3) is 3.43. The molecule has 5 heteroatoms. The van der Waals surface area contributed by atoms with Crippen LogP contribution in [0.5, 0.6) is 0 Å². The molecule has 0 spiro atoms. The molecule has 0 radical (unpaired) electrons. The Balaban J connectivity index is 2.63. The molecule has 16 heavy (non-hydrogen) atoms. The number of aliphatic hydroxyl groups excluding tert-OH is 1. The van der Waals surface area contributed by atoms with E-state index in [4.69, 9.17) is 9.15 Å². The van der Waals surface area contributed by atoms with Crippen molar-refractivity contribution in [2.75, 3.05) is 14.2 Å². The second kappa shape index (κ2) is 5.97. The van der Waals surface area contributed by atoms with E-state index in [1.165, 1.54) is 26.6 Å². The molecule has 1 heterocycles. The number of furan rings is 1. The first-order valence-electron chi connectivity index (χ1n) is 4.71. The van der Waals surface area contributed by atoms with Crippen LogP contribution in [0.1, 0.15) is 18.3 Å². The van der Waals surface area contributed by atoms with Crippen LogP contribution in [0.2, 0.25) is 0 Å². The van der Waals surface area contributed by atoms with Gasteiger partial charge in [-0.2, -0.15) is 0 Å². The van der Waals surface area contributed by atoms with Crippen molar-refractivity contribution in [1.82, 2.24) is 0 Å². The van der Waals surface area contributed by atoms with Gasteiger partial charge >= 0.3 is 5.97 Å². The molecule has 0 aromatic carbocycles. The van der Waals surface area contributed by atoms with Crippen LogP contribution in [0, 0.1) is 0 Å². The summed E-state index contributed by atoms with van der Waals surface area (Å²) in [6.07, 6.45) is 1.96. The van der Waals surface area contributed by atoms with Gasteiger partial charge in [-0.1, -0.05) is 0 Å². The Bertz CT molecular complexity index is 352. The van der Waals surface area contributed by atoms with Crippen molar-refractivity contribution in [3.8, 4) is 0 Å². The van der Waals surface area contributed by atoms with Crippen LogP contribution in [0.3, 0.4) is 0 Å².